The Labute approximate surface area is 106 Å². The Bertz CT molecular complexity index is 500. The lowest BCUT2D eigenvalue weighted by molar-refractivity contribution is 0.295. The summed E-state index contributed by atoms with van der Waals surface area (Å²) in [7, 11) is 0. The average molecular weight is 245 g/mol. The number of nitrogens with two attached hydrogens (primary N) is 1. The van der Waals surface area contributed by atoms with E-state index in [1.54, 1.807) is 6.20 Å². The van der Waals surface area contributed by atoms with Crippen LogP contribution in [0.3, 0.4) is 0 Å². The van der Waals surface area contributed by atoms with Crippen molar-refractivity contribution in [1.29, 1.82) is 0 Å². The summed E-state index contributed by atoms with van der Waals surface area (Å²) in [6, 6.07) is 7.48. The van der Waals surface area contributed by atoms with Crippen molar-refractivity contribution >= 4 is 5.82 Å². The van der Waals surface area contributed by atoms with Gasteiger partial charge in [0.05, 0.1) is 24.7 Å². The molecule has 18 heavy (non-hydrogen) atoms. The smallest absolute Gasteiger partial charge is 0.141 e. The van der Waals surface area contributed by atoms with E-state index in [-0.39, 0.29) is 0 Å². The van der Waals surface area contributed by atoms with Gasteiger partial charge in [-0.05, 0) is 19.1 Å². The molecule has 0 aliphatic rings. The first-order valence-corrected chi connectivity index (χ1v) is 5.70. The van der Waals surface area contributed by atoms with Gasteiger partial charge in [-0.15, -0.1) is 0 Å². The lowest BCUT2D eigenvalue weighted by Crippen LogP contribution is -2.01. The highest BCUT2D eigenvalue weighted by Gasteiger charge is 2.00. The Morgan fingerprint density at radius 1 is 1.11 bits per heavy atom. The van der Waals surface area contributed by atoms with E-state index in [2.05, 4.69) is 9.97 Å². The van der Waals surface area contributed by atoms with Crippen LogP contribution in [0.4, 0.5) is 5.82 Å². The minimum absolute atomic E-state index is 0.350. The first-order chi connectivity index (χ1) is 8.78. The minimum atomic E-state index is 0.350. The van der Waals surface area contributed by atoms with Crippen LogP contribution in [-0.4, -0.2) is 16.6 Å². The van der Waals surface area contributed by atoms with E-state index in [1.807, 2.05) is 31.2 Å². The fraction of sp³-hybridized carbons (Fsp3) is 0.231. The Hall–Kier alpha value is -2.30. The summed E-state index contributed by atoms with van der Waals surface area (Å²) in [5.74, 6) is 1.93. The van der Waals surface area contributed by atoms with Crippen LogP contribution in [0.5, 0.6) is 11.5 Å². The van der Waals surface area contributed by atoms with Gasteiger partial charge in [0.1, 0.15) is 23.9 Å². The number of hydrogen-bond acceptors (Lipinski definition) is 5. The van der Waals surface area contributed by atoms with Crippen LogP contribution in [-0.2, 0) is 6.61 Å². The van der Waals surface area contributed by atoms with Gasteiger partial charge in [-0.2, -0.15) is 0 Å². The van der Waals surface area contributed by atoms with Crippen molar-refractivity contribution in [2.45, 2.75) is 13.5 Å². The summed E-state index contributed by atoms with van der Waals surface area (Å²) >= 11 is 0. The maximum atomic E-state index is 5.60. The Morgan fingerprint density at radius 2 is 1.89 bits per heavy atom. The third kappa shape index (κ3) is 3.35. The number of hydrogen-bond donors (Lipinski definition) is 1. The zero-order valence-electron chi connectivity index (χ0n) is 10.2. The second-order valence-electron chi connectivity index (χ2n) is 3.63. The first-order valence-electron chi connectivity index (χ1n) is 5.70. The molecule has 5 heteroatoms. The maximum absolute atomic E-state index is 5.60. The third-order valence-electron chi connectivity index (χ3n) is 2.23. The molecule has 0 amide bonds. The fourth-order valence-corrected chi connectivity index (χ4v) is 1.42. The summed E-state index contributed by atoms with van der Waals surface area (Å²) in [5, 5.41) is 0. The SMILES string of the molecule is CCOc1cccc(OCc2cnc(N)cn2)c1. The van der Waals surface area contributed by atoms with Gasteiger partial charge in [0.2, 0.25) is 0 Å². The largest absolute Gasteiger partial charge is 0.494 e. The predicted octanol–water partition coefficient (Wildman–Crippen LogP) is 2.04. The van der Waals surface area contributed by atoms with Crippen molar-refractivity contribution in [3.8, 4) is 11.5 Å². The second kappa shape index (κ2) is 5.86. The normalized spacial score (nSPS) is 10.1. The van der Waals surface area contributed by atoms with Gasteiger partial charge in [-0.3, -0.25) is 4.98 Å². The van der Waals surface area contributed by atoms with Gasteiger partial charge >= 0.3 is 0 Å². The maximum Gasteiger partial charge on any atom is 0.141 e. The van der Waals surface area contributed by atoms with Crippen molar-refractivity contribution in [2.24, 2.45) is 0 Å². The van der Waals surface area contributed by atoms with E-state index in [9.17, 15) is 0 Å². The molecule has 0 radical (unpaired) electrons. The van der Waals surface area contributed by atoms with Crippen LogP contribution in [0.1, 0.15) is 12.6 Å². The Morgan fingerprint density at radius 3 is 2.56 bits per heavy atom. The average Bonchev–Trinajstić information content (AvgIpc) is 2.39. The third-order valence-corrected chi connectivity index (χ3v) is 2.23. The van der Waals surface area contributed by atoms with Crippen LogP contribution in [0.2, 0.25) is 0 Å². The van der Waals surface area contributed by atoms with Crippen LogP contribution in [0.15, 0.2) is 36.7 Å². The van der Waals surface area contributed by atoms with Crippen LogP contribution in [0, 0.1) is 0 Å². The molecule has 2 rings (SSSR count). The number of anilines is 1. The van der Waals surface area contributed by atoms with Gasteiger partial charge in [-0.1, -0.05) is 6.07 Å². The summed E-state index contributed by atoms with van der Waals surface area (Å²) in [5.41, 5.74) is 6.18. The van der Waals surface area contributed by atoms with E-state index in [0.717, 1.165) is 17.2 Å². The standard InChI is InChI=1S/C13H15N3O2/c1-2-17-11-4-3-5-12(6-11)18-9-10-7-16-13(14)8-15-10/h3-8H,2,9H2,1H3,(H2,14,16). The second-order valence-corrected chi connectivity index (χ2v) is 3.63. The molecule has 0 aliphatic heterocycles. The van der Waals surface area contributed by atoms with E-state index in [0.29, 0.717) is 19.0 Å². The van der Waals surface area contributed by atoms with Gasteiger partial charge in [0.25, 0.3) is 0 Å². The van der Waals surface area contributed by atoms with E-state index in [1.165, 1.54) is 6.20 Å². The molecular weight excluding hydrogens is 230 g/mol. The van der Waals surface area contributed by atoms with E-state index >= 15 is 0 Å². The fourth-order valence-electron chi connectivity index (χ4n) is 1.42. The molecule has 5 nitrogen and oxygen atoms in total. The van der Waals surface area contributed by atoms with Crippen molar-refractivity contribution in [1.82, 2.24) is 9.97 Å². The summed E-state index contributed by atoms with van der Waals surface area (Å²) < 4.78 is 11.0. The summed E-state index contributed by atoms with van der Waals surface area (Å²) in [6.45, 7) is 2.92. The van der Waals surface area contributed by atoms with Crippen molar-refractivity contribution < 1.29 is 9.47 Å². The molecule has 0 aliphatic carbocycles. The van der Waals surface area contributed by atoms with Gasteiger partial charge in [0.15, 0.2) is 0 Å². The topological polar surface area (TPSA) is 70.3 Å². The number of rotatable bonds is 5. The lowest BCUT2D eigenvalue weighted by Gasteiger charge is -2.08. The first kappa shape index (κ1) is 12.2. The molecule has 0 unspecified atom stereocenters. The van der Waals surface area contributed by atoms with Crippen molar-refractivity contribution in [3.63, 3.8) is 0 Å². The van der Waals surface area contributed by atoms with E-state index < -0.39 is 0 Å². The van der Waals surface area contributed by atoms with Crippen LogP contribution in [0.25, 0.3) is 0 Å². The highest BCUT2D eigenvalue weighted by molar-refractivity contribution is 5.33. The van der Waals surface area contributed by atoms with Gasteiger partial charge in [-0.25, -0.2) is 4.98 Å². The Balaban J connectivity index is 1.97. The number of ether oxygens (including phenoxy) is 2. The quantitative estimate of drug-likeness (QED) is 0.872. The molecule has 1 aromatic heterocycles. The molecule has 0 atom stereocenters. The molecule has 0 spiro atoms. The number of benzene rings is 1. The molecule has 1 heterocycles. The zero-order valence-corrected chi connectivity index (χ0v) is 10.2. The van der Waals surface area contributed by atoms with Crippen LogP contribution < -0.4 is 15.2 Å². The molecule has 1 aromatic carbocycles. The molecule has 2 N–H and O–H groups in total. The Kier molecular flexibility index (Phi) is 3.96. The monoisotopic (exact) mass is 245 g/mol. The molecule has 0 bridgehead atoms. The molecular formula is C13H15N3O2. The van der Waals surface area contributed by atoms with Gasteiger partial charge in [0, 0.05) is 6.07 Å². The number of nitrogen functional groups attached to an aromatic ring is 1. The predicted molar refractivity (Wildman–Crippen MR) is 68.4 cm³/mol. The highest BCUT2D eigenvalue weighted by atomic mass is 16.5. The zero-order chi connectivity index (χ0) is 12.8. The summed E-state index contributed by atoms with van der Waals surface area (Å²) in [4.78, 5) is 8.06. The molecule has 94 valence electrons. The van der Waals surface area contributed by atoms with Crippen LogP contribution >= 0.6 is 0 Å². The molecule has 0 saturated carbocycles. The van der Waals surface area contributed by atoms with Crippen molar-refractivity contribution in [3.05, 3.63) is 42.4 Å². The van der Waals surface area contributed by atoms with E-state index in [4.69, 9.17) is 15.2 Å². The lowest BCUT2D eigenvalue weighted by atomic mass is 10.3. The minimum Gasteiger partial charge on any atom is -0.494 e. The summed E-state index contributed by atoms with van der Waals surface area (Å²) in [6.07, 6.45) is 3.11. The number of nitrogens with zero attached hydrogens (tertiary/aromatic N) is 2. The van der Waals surface area contributed by atoms with Crippen molar-refractivity contribution in [2.75, 3.05) is 12.3 Å². The number of aromatic nitrogens is 2. The molecule has 2 aromatic rings. The highest BCUT2D eigenvalue weighted by Crippen LogP contribution is 2.20. The molecule has 0 fully saturated rings. The molecule has 0 saturated heterocycles. The van der Waals surface area contributed by atoms with Gasteiger partial charge < -0.3 is 15.2 Å².